The molecular formula is C24H24ClN3O6S2. The van der Waals surface area contributed by atoms with E-state index in [1.165, 1.54) is 42.5 Å². The van der Waals surface area contributed by atoms with Crippen LogP contribution in [-0.4, -0.2) is 41.6 Å². The van der Waals surface area contributed by atoms with Crippen molar-refractivity contribution in [3.63, 3.8) is 0 Å². The first-order valence-electron chi connectivity index (χ1n) is 10.8. The van der Waals surface area contributed by atoms with Crippen LogP contribution < -0.4 is 19.1 Å². The van der Waals surface area contributed by atoms with Crippen molar-refractivity contribution in [2.45, 2.75) is 24.8 Å². The van der Waals surface area contributed by atoms with Gasteiger partial charge in [0.1, 0.15) is 5.75 Å². The van der Waals surface area contributed by atoms with E-state index in [4.69, 9.17) is 16.3 Å². The van der Waals surface area contributed by atoms with Crippen LogP contribution in [0.15, 0.2) is 65.6 Å². The third kappa shape index (κ3) is 5.43. The Morgan fingerprint density at radius 3 is 2.25 bits per heavy atom. The molecule has 3 aromatic carbocycles. The number of amides is 1. The molecule has 0 spiro atoms. The number of anilines is 3. The molecule has 9 nitrogen and oxygen atoms in total. The van der Waals surface area contributed by atoms with E-state index in [1.807, 2.05) is 32.0 Å². The molecule has 0 bridgehead atoms. The van der Waals surface area contributed by atoms with Crippen molar-refractivity contribution >= 4 is 54.6 Å². The van der Waals surface area contributed by atoms with Gasteiger partial charge in [0.05, 0.1) is 29.1 Å². The number of carbonyl (C=O) groups is 1. The minimum absolute atomic E-state index is 0.0196. The summed E-state index contributed by atoms with van der Waals surface area (Å²) in [6.45, 7) is 3.38. The van der Waals surface area contributed by atoms with E-state index in [9.17, 15) is 21.6 Å². The summed E-state index contributed by atoms with van der Waals surface area (Å²) >= 11 is 6.00. The quantitative estimate of drug-likeness (QED) is 0.480. The van der Waals surface area contributed by atoms with Crippen molar-refractivity contribution in [2.75, 3.05) is 27.1 Å². The molecular weight excluding hydrogens is 526 g/mol. The second kappa shape index (κ2) is 9.64. The lowest BCUT2D eigenvalue weighted by Crippen LogP contribution is -2.48. The van der Waals surface area contributed by atoms with Gasteiger partial charge in [-0.05, 0) is 67.4 Å². The lowest BCUT2D eigenvalue weighted by Gasteiger charge is -2.34. The highest BCUT2D eigenvalue weighted by molar-refractivity contribution is 7.92. The monoisotopic (exact) mass is 549 g/mol. The zero-order valence-electron chi connectivity index (χ0n) is 19.6. The van der Waals surface area contributed by atoms with Crippen molar-refractivity contribution in [3.05, 3.63) is 76.8 Å². The number of para-hydroxylation sites is 1. The van der Waals surface area contributed by atoms with Gasteiger partial charge in [0.2, 0.25) is 10.0 Å². The number of nitrogens with one attached hydrogen (secondary N) is 2. The molecule has 0 aliphatic carbocycles. The van der Waals surface area contributed by atoms with Gasteiger partial charge in [0.25, 0.3) is 15.9 Å². The van der Waals surface area contributed by atoms with Gasteiger partial charge in [-0.25, -0.2) is 16.8 Å². The molecule has 3 aromatic rings. The van der Waals surface area contributed by atoms with E-state index >= 15 is 0 Å². The molecule has 4 rings (SSSR count). The summed E-state index contributed by atoms with van der Waals surface area (Å²) in [5.41, 5.74) is 2.67. The number of nitrogens with zero attached hydrogens (tertiary/aromatic N) is 1. The van der Waals surface area contributed by atoms with Gasteiger partial charge in [-0.15, -0.1) is 0 Å². The first kappa shape index (κ1) is 25.8. The van der Waals surface area contributed by atoms with Crippen LogP contribution in [0, 0.1) is 13.8 Å². The summed E-state index contributed by atoms with van der Waals surface area (Å²) in [6.07, 6.45) is -0.105. The van der Waals surface area contributed by atoms with Gasteiger partial charge in [0, 0.05) is 10.7 Å². The smallest absolute Gasteiger partial charge is 0.267 e. The van der Waals surface area contributed by atoms with Crippen LogP contribution in [-0.2, 0) is 24.8 Å². The highest BCUT2D eigenvalue weighted by Crippen LogP contribution is 2.37. The Balaban J connectivity index is 1.50. The fourth-order valence-corrected chi connectivity index (χ4v) is 6.06. The molecule has 190 valence electrons. The predicted molar refractivity (Wildman–Crippen MR) is 140 cm³/mol. The largest absolute Gasteiger partial charge is 0.476 e. The van der Waals surface area contributed by atoms with Crippen LogP contribution in [0.1, 0.15) is 11.1 Å². The molecule has 0 aromatic heterocycles. The third-order valence-corrected chi connectivity index (χ3v) is 8.38. The molecule has 1 heterocycles. The van der Waals surface area contributed by atoms with Crippen LogP contribution >= 0.6 is 11.6 Å². The first-order valence-corrected chi connectivity index (χ1v) is 14.5. The lowest BCUT2D eigenvalue weighted by molar-refractivity contribution is -0.122. The molecule has 1 aliphatic heterocycles. The number of carbonyl (C=O) groups excluding carboxylic acids is 1. The number of benzene rings is 3. The maximum absolute atomic E-state index is 12.9. The van der Waals surface area contributed by atoms with Gasteiger partial charge >= 0.3 is 0 Å². The molecule has 0 saturated heterocycles. The minimum Gasteiger partial charge on any atom is -0.476 e. The molecule has 12 heteroatoms. The van der Waals surface area contributed by atoms with Crippen LogP contribution in [0.2, 0.25) is 5.02 Å². The molecule has 2 N–H and O–H groups in total. The summed E-state index contributed by atoms with van der Waals surface area (Å²) in [7, 11) is -7.56. The van der Waals surface area contributed by atoms with E-state index in [2.05, 4.69) is 10.0 Å². The highest BCUT2D eigenvalue weighted by atomic mass is 35.5. The van der Waals surface area contributed by atoms with Gasteiger partial charge < -0.3 is 10.1 Å². The van der Waals surface area contributed by atoms with Gasteiger partial charge in [-0.3, -0.25) is 13.8 Å². The number of aryl methyl sites for hydroxylation is 2. The standard InChI is InChI=1S/C24H24ClN3O6S2/c1-15-5-4-6-16(2)23(15)27-36(32,33)19-10-8-18(9-11-19)26-24(29)22-14-28(35(3,30)31)20-13-17(25)7-12-21(20)34-22/h4-13,22,27H,14H2,1-3H3,(H,26,29)/t22-/m1/s1. The van der Waals surface area contributed by atoms with Crippen LogP contribution in [0.3, 0.4) is 0 Å². The zero-order chi connectivity index (χ0) is 26.3. The van der Waals surface area contributed by atoms with Crippen LogP contribution in [0.5, 0.6) is 5.75 Å². The fourth-order valence-electron chi connectivity index (χ4n) is 3.78. The number of rotatable bonds is 6. The van der Waals surface area contributed by atoms with Crippen molar-refractivity contribution in [1.29, 1.82) is 0 Å². The Bertz CT molecular complexity index is 1520. The maximum atomic E-state index is 12.9. The van der Waals surface area contributed by atoms with Gasteiger partial charge in [0.15, 0.2) is 6.10 Å². The van der Waals surface area contributed by atoms with Crippen molar-refractivity contribution < 1.29 is 26.4 Å². The number of sulfonamides is 2. The summed E-state index contributed by atoms with van der Waals surface area (Å²) < 4.78 is 59.8. The summed E-state index contributed by atoms with van der Waals surface area (Å²) in [6, 6.07) is 15.6. The summed E-state index contributed by atoms with van der Waals surface area (Å²) in [4.78, 5) is 12.9. The zero-order valence-corrected chi connectivity index (χ0v) is 22.0. The number of hydrogen-bond donors (Lipinski definition) is 2. The molecule has 0 fully saturated rings. The Kier molecular flexibility index (Phi) is 6.91. The minimum atomic E-state index is -3.86. The third-order valence-electron chi connectivity index (χ3n) is 5.63. The van der Waals surface area contributed by atoms with E-state index in [0.717, 1.165) is 21.7 Å². The van der Waals surface area contributed by atoms with Crippen LogP contribution in [0.4, 0.5) is 17.1 Å². The normalized spacial score (nSPS) is 15.6. The number of hydrogen-bond acceptors (Lipinski definition) is 6. The number of ether oxygens (including phenoxy) is 1. The number of fused-ring (bicyclic) bond motifs is 1. The van der Waals surface area contributed by atoms with Gasteiger partial charge in [-0.1, -0.05) is 29.8 Å². The SMILES string of the molecule is Cc1cccc(C)c1NS(=O)(=O)c1ccc(NC(=O)[C@H]2CN(S(C)(=O)=O)c3cc(Cl)ccc3O2)cc1. The topological polar surface area (TPSA) is 122 Å². The summed E-state index contributed by atoms with van der Waals surface area (Å²) in [5.74, 6) is -0.385. The Morgan fingerprint density at radius 2 is 1.64 bits per heavy atom. The molecule has 1 aliphatic rings. The van der Waals surface area contributed by atoms with E-state index in [-0.39, 0.29) is 22.9 Å². The average molecular weight is 550 g/mol. The molecule has 1 atom stereocenters. The lowest BCUT2D eigenvalue weighted by atomic mass is 10.1. The van der Waals surface area contributed by atoms with E-state index in [0.29, 0.717) is 16.4 Å². The highest BCUT2D eigenvalue weighted by Gasteiger charge is 2.35. The molecule has 0 unspecified atom stereocenters. The van der Waals surface area contributed by atoms with Crippen molar-refractivity contribution in [2.24, 2.45) is 0 Å². The second-order valence-electron chi connectivity index (χ2n) is 8.40. The fraction of sp³-hybridized carbons (Fsp3) is 0.208. The first-order chi connectivity index (χ1) is 16.8. The molecule has 36 heavy (non-hydrogen) atoms. The van der Waals surface area contributed by atoms with E-state index in [1.54, 1.807) is 0 Å². The maximum Gasteiger partial charge on any atom is 0.267 e. The van der Waals surface area contributed by atoms with Crippen molar-refractivity contribution in [1.82, 2.24) is 0 Å². The molecule has 0 radical (unpaired) electrons. The Hall–Kier alpha value is -3.28. The Morgan fingerprint density at radius 1 is 1.00 bits per heavy atom. The predicted octanol–water partition coefficient (Wildman–Crippen LogP) is 3.92. The van der Waals surface area contributed by atoms with Crippen LogP contribution in [0.25, 0.3) is 0 Å². The molecule has 0 saturated carbocycles. The van der Waals surface area contributed by atoms with Gasteiger partial charge in [-0.2, -0.15) is 0 Å². The van der Waals surface area contributed by atoms with E-state index < -0.39 is 32.1 Å². The second-order valence-corrected chi connectivity index (χ2v) is 12.4. The Labute approximate surface area is 215 Å². The number of halogens is 1. The van der Waals surface area contributed by atoms with Crippen molar-refractivity contribution in [3.8, 4) is 5.75 Å². The summed E-state index contributed by atoms with van der Waals surface area (Å²) in [5, 5.41) is 2.98. The molecule has 1 amide bonds. The average Bonchev–Trinajstić information content (AvgIpc) is 2.80.